The van der Waals surface area contributed by atoms with E-state index in [-0.39, 0.29) is 0 Å². The van der Waals surface area contributed by atoms with E-state index in [2.05, 4.69) is 9.80 Å². The number of anilines is 2. The van der Waals surface area contributed by atoms with Crippen LogP contribution in [-0.2, 0) is 0 Å². The van der Waals surface area contributed by atoms with Crippen molar-refractivity contribution in [1.29, 1.82) is 0 Å². The molecule has 1 aromatic heterocycles. The third kappa shape index (κ3) is 2.60. The molecule has 0 radical (unpaired) electrons. The molecule has 1 saturated heterocycles. The lowest BCUT2D eigenvalue weighted by atomic mass is 10.2. The molecule has 0 bridgehead atoms. The van der Waals surface area contributed by atoms with Gasteiger partial charge in [0.2, 0.25) is 0 Å². The average Bonchev–Trinajstić information content (AvgIpc) is 3.16. The van der Waals surface area contributed by atoms with Gasteiger partial charge in [0.05, 0.1) is 10.2 Å². The SMILES string of the molecule is Nc1ccc2nc(N3CCN(C4CCCC4)CC3)sc2c1. The van der Waals surface area contributed by atoms with E-state index in [1.54, 1.807) is 11.3 Å². The van der Waals surface area contributed by atoms with E-state index in [0.717, 1.165) is 35.5 Å². The summed E-state index contributed by atoms with van der Waals surface area (Å²) in [6, 6.07) is 6.84. The van der Waals surface area contributed by atoms with E-state index >= 15 is 0 Å². The normalized spacial score (nSPS) is 21.4. The van der Waals surface area contributed by atoms with Crippen molar-refractivity contribution >= 4 is 32.4 Å². The summed E-state index contributed by atoms with van der Waals surface area (Å²) in [5.74, 6) is 0. The largest absolute Gasteiger partial charge is 0.399 e. The van der Waals surface area contributed by atoms with Gasteiger partial charge in [0, 0.05) is 37.9 Å². The van der Waals surface area contributed by atoms with Crippen LogP contribution in [0.4, 0.5) is 10.8 Å². The van der Waals surface area contributed by atoms with E-state index in [0.29, 0.717) is 0 Å². The predicted octanol–water partition coefficient (Wildman–Crippen LogP) is 2.94. The molecule has 1 saturated carbocycles. The zero-order valence-electron chi connectivity index (χ0n) is 12.3. The lowest BCUT2D eigenvalue weighted by Gasteiger charge is -2.37. The van der Waals surface area contributed by atoms with E-state index in [9.17, 15) is 0 Å². The molecule has 2 aliphatic rings. The Morgan fingerprint density at radius 1 is 1.10 bits per heavy atom. The van der Waals surface area contributed by atoms with Crippen LogP contribution in [0.2, 0.25) is 0 Å². The standard InChI is InChI=1S/C16H22N4S/c17-12-5-6-14-15(11-12)21-16(18-14)20-9-7-19(8-10-20)13-3-1-2-4-13/h5-6,11,13H,1-4,7-10,17H2. The molecule has 0 atom stereocenters. The molecule has 112 valence electrons. The second-order valence-corrected chi connectivity index (χ2v) is 7.19. The molecule has 1 aliphatic carbocycles. The highest BCUT2D eigenvalue weighted by Crippen LogP contribution is 2.31. The number of fused-ring (bicyclic) bond motifs is 1. The molecule has 2 aromatic rings. The van der Waals surface area contributed by atoms with Gasteiger partial charge in [-0.05, 0) is 31.0 Å². The number of nitrogens with zero attached hydrogens (tertiary/aromatic N) is 3. The second-order valence-electron chi connectivity index (χ2n) is 6.18. The molecule has 2 N–H and O–H groups in total. The van der Waals surface area contributed by atoms with Gasteiger partial charge in [-0.25, -0.2) is 4.98 Å². The third-order valence-corrected chi connectivity index (χ3v) is 5.91. The molecule has 4 rings (SSSR count). The first-order chi connectivity index (χ1) is 10.3. The fraction of sp³-hybridized carbons (Fsp3) is 0.562. The summed E-state index contributed by atoms with van der Waals surface area (Å²) in [4.78, 5) is 9.90. The van der Waals surface area contributed by atoms with Crippen molar-refractivity contribution in [1.82, 2.24) is 9.88 Å². The zero-order chi connectivity index (χ0) is 14.2. The van der Waals surface area contributed by atoms with Crippen LogP contribution in [0.5, 0.6) is 0 Å². The van der Waals surface area contributed by atoms with Crippen molar-refractivity contribution in [3.05, 3.63) is 18.2 Å². The number of piperazine rings is 1. The zero-order valence-corrected chi connectivity index (χ0v) is 13.1. The molecule has 0 amide bonds. The number of nitrogen functional groups attached to an aromatic ring is 1. The van der Waals surface area contributed by atoms with Gasteiger partial charge in [-0.1, -0.05) is 24.2 Å². The van der Waals surface area contributed by atoms with Crippen molar-refractivity contribution in [2.24, 2.45) is 0 Å². The molecule has 21 heavy (non-hydrogen) atoms. The molecule has 2 fully saturated rings. The van der Waals surface area contributed by atoms with Gasteiger partial charge in [0.15, 0.2) is 5.13 Å². The molecule has 1 aliphatic heterocycles. The maximum absolute atomic E-state index is 5.86. The first kappa shape index (κ1) is 13.3. The van der Waals surface area contributed by atoms with Crippen LogP contribution >= 0.6 is 11.3 Å². The summed E-state index contributed by atoms with van der Waals surface area (Å²) in [7, 11) is 0. The molecule has 0 spiro atoms. The average molecular weight is 302 g/mol. The number of hydrogen-bond donors (Lipinski definition) is 1. The topological polar surface area (TPSA) is 45.4 Å². The van der Waals surface area contributed by atoms with Crippen LogP contribution in [0, 0.1) is 0 Å². The van der Waals surface area contributed by atoms with Crippen LogP contribution in [-0.4, -0.2) is 42.1 Å². The van der Waals surface area contributed by atoms with Gasteiger partial charge in [0.1, 0.15) is 0 Å². The lowest BCUT2D eigenvalue weighted by molar-refractivity contribution is 0.187. The Labute approximate surface area is 129 Å². The minimum Gasteiger partial charge on any atom is -0.399 e. The van der Waals surface area contributed by atoms with Crippen molar-refractivity contribution in [3.63, 3.8) is 0 Å². The highest BCUT2D eigenvalue weighted by atomic mass is 32.1. The van der Waals surface area contributed by atoms with Crippen LogP contribution < -0.4 is 10.6 Å². The summed E-state index contributed by atoms with van der Waals surface area (Å²) in [5.41, 5.74) is 7.75. The summed E-state index contributed by atoms with van der Waals surface area (Å²) < 4.78 is 1.20. The Morgan fingerprint density at radius 2 is 1.86 bits per heavy atom. The minimum atomic E-state index is 0.823. The number of rotatable bonds is 2. The molecule has 4 nitrogen and oxygen atoms in total. The highest BCUT2D eigenvalue weighted by molar-refractivity contribution is 7.22. The fourth-order valence-electron chi connectivity index (χ4n) is 3.61. The number of aromatic nitrogens is 1. The smallest absolute Gasteiger partial charge is 0.186 e. The maximum Gasteiger partial charge on any atom is 0.186 e. The summed E-state index contributed by atoms with van der Waals surface area (Å²) in [5, 5.41) is 1.15. The summed E-state index contributed by atoms with van der Waals surface area (Å²) in [6.07, 6.45) is 5.65. The van der Waals surface area contributed by atoms with E-state index in [4.69, 9.17) is 10.7 Å². The lowest BCUT2D eigenvalue weighted by Crippen LogP contribution is -2.49. The minimum absolute atomic E-state index is 0.823. The maximum atomic E-state index is 5.86. The van der Waals surface area contributed by atoms with Gasteiger partial charge < -0.3 is 10.6 Å². The van der Waals surface area contributed by atoms with E-state index < -0.39 is 0 Å². The van der Waals surface area contributed by atoms with Crippen LogP contribution in [0.1, 0.15) is 25.7 Å². The predicted molar refractivity (Wildman–Crippen MR) is 90.1 cm³/mol. The second kappa shape index (κ2) is 5.46. The van der Waals surface area contributed by atoms with Crippen LogP contribution in [0.3, 0.4) is 0 Å². The molecule has 0 unspecified atom stereocenters. The van der Waals surface area contributed by atoms with Crippen molar-refractivity contribution in [3.8, 4) is 0 Å². The number of thiazole rings is 1. The fourth-order valence-corrected chi connectivity index (χ4v) is 4.68. The van der Waals surface area contributed by atoms with Crippen molar-refractivity contribution in [2.45, 2.75) is 31.7 Å². The number of nitrogens with two attached hydrogens (primary N) is 1. The molecular weight excluding hydrogens is 280 g/mol. The Hall–Kier alpha value is -1.33. The molecule has 1 aromatic carbocycles. The monoisotopic (exact) mass is 302 g/mol. The number of benzene rings is 1. The Kier molecular flexibility index (Phi) is 3.47. The first-order valence-electron chi connectivity index (χ1n) is 7.95. The van der Waals surface area contributed by atoms with E-state index in [1.807, 2.05) is 18.2 Å². The molecule has 5 heteroatoms. The molecular formula is C16H22N4S. The van der Waals surface area contributed by atoms with Crippen molar-refractivity contribution in [2.75, 3.05) is 36.8 Å². The van der Waals surface area contributed by atoms with Crippen molar-refractivity contribution < 1.29 is 0 Å². The highest BCUT2D eigenvalue weighted by Gasteiger charge is 2.27. The Balaban J connectivity index is 1.46. The van der Waals surface area contributed by atoms with E-state index in [1.165, 1.54) is 43.5 Å². The van der Waals surface area contributed by atoms with Gasteiger partial charge in [-0.2, -0.15) is 0 Å². The van der Waals surface area contributed by atoms with Gasteiger partial charge in [0.25, 0.3) is 0 Å². The third-order valence-electron chi connectivity index (χ3n) is 4.83. The van der Waals surface area contributed by atoms with Crippen LogP contribution in [0.25, 0.3) is 10.2 Å². The first-order valence-corrected chi connectivity index (χ1v) is 8.76. The number of hydrogen-bond acceptors (Lipinski definition) is 5. The Bertz CT molecular complexity index is 624. The quantitative estimate of drug-likeness (QED) is 0.866. The summed E-state index contributed by atoms with van der Waals surface area (Å²) in [6.45, 7) is 4.57. The Morgan fingerprint density at radius 3 is 2.62 bits per heavy atom. The van der Waals surface area contributed by atoms with Gasteiger partial charge in [-0.3, -0.25) is 4.90 Å². The van der Waals surface area contributed by atoms with Gasteiger partial charge >= 0.3 is 0 Å². The summed E-state index contributed by atoms with van der Waals surface area (Å²) >= 11 is 1.77. The van der Waals surface area contributed by atoms with Gasteiger partial charge in [-0.15, -0.1) is 0 Å². The molecule has 2 heterocycles. The van der Waals surface area contributed by atoms with Crippen LogP contribution in [0.15, 0.2) is 18.2 Å².